The van der Waals surface area contributed by atoms with Gasteiger partial charge in [0.15, 0.2) is 5.82 Å². The van der Waals surface area contributed by atoms with Crippen LogP contribution in [0, 0.1) is 0 Å². The average Bonchev–Trinajstić information content (AvgIpc) is 2.70. The molecule has 1 aromatic carbocycles. The Morgan fingerprint density at radius 2 is 2.12 bits per heavy atom. The van der Waals surface area contributed by atoms with E-state index in [-0.39, 0.29) is 0 Å². The highest BCUT2D eigenvalue weighted by molar-refractivity contribution is 9.10. The number of benzene rings is 1. The van der Waals surface area contributed by atoms with Gasteiger partial charge in [-0.1, -0.05) is 16.8 Å². The lowest BCUT2D eigenvalue weighted by molar-refractivity contribution is 0.397. The SMILES string of the molecule is CC(C)(N)c1noc(-c2ccc(Cl)c(Br)c2)n1. The van der Waals surface area contributed by atoms with Crippen LogP contribution in [0.2, 0.25) is 5.02 Å². The molecule has 4 nitrogen and oxygen atoms in total. The van der Waals surface area contributed by atoms with Crippen molar-refractivity contribution in [1.29, 1.82) is 0 Å². The van der Waals surface area contributed by atoms with Crippen molar-refractivity contribution in [2.24, 2.45) is 5.73 Å². The van der Waals surface area contributed by atoms with Gasteiger partial charge in [-0.05, 0) is 48.0 Å². The molecule has 17 heavy (non-hydrogen) atoms. The molecule has 0 bridgehead atoms. The summed E-state index contributed by atoms with van der Waals surface area (Å²) in [5, 5.41) is 4.49. The molecule has 0 saturated heterocycles. The highest BCUT2D eigenvalue weighted by atomic mass is 79.9. The lowest BCUT2D eigenvalue weighted by Crippen LogP contribution is -2.30. The fourth-order valence-corrected chi connectivity index (χ4v) is 1.73. The molecule has 0 amide bonds. The number of hydrogen-bond acceptors (Lipinski definition) is 4. The molecule has 0 spiro atoms. The van der Waals surface area contributed by atoms with Crippen LogP contribution in [0.1, 0.15) is 19.7 Å². The van der Waals surface area contributed by atoms with Crippen molar-refractivity contribution in [3.63, 3.8) is 0 Å². The first-order valence-corrected chi connectivity index (χ1v) is 6.13. The summed E-state index contributed by atoms with van der Waals surface area (Å²) < 4.78 is 5.95. The maximum absolute atomic E-state index is 5.91. The van der Waals surface area contributed by atoms with E-state index in [1.165, 1.54) is 0 Å². The Kier molecular flexibility index (Phi) is 3.25. The Hall–Kier alpha value is -0.910. The van der Waals surface area contributed by atoms with Crippen LogP contribution < -0.4 is 5.73 Å². The zero-order valence-corrected chi connectivity index (χ0v) is 11.7. The van der Waals surface area contributed by atoms with Crippen LogP contribution >= 0.6 is 27.5 Å². The lowest BCUT2D eigenvalue weighted by atomic mass is 10.1. The highest BCUT2D eigenvalue weighted by Gasteiger charge is 2.22. The summed E-state index contributed by atoms with van der Waals surface area (Å²) in [4.78, 5) is 4.26. The first-order valence-electron chi connectivity index (χ1n) is 4.96. The summed E-state index contributed by atoms with van der Waals surface area (Å²) in [5.74, 6) is 0.898. The van der Waals surface area contributed by atoms with Gasteiger partial charge in [-0.3, -0.25) is 0 Å². The zero-order valence-electron chi connectivity index (χ0n) is 9.37. The third kappa shape index (κ3) is 2.68. The normalized spacial score (nSPS) is 11.8. The predicted octanol–water partition coefficient (Wildman–Crippen LogP) is 3.35. The van der Waals surface area contributed by atoms with E-state index in [1.54, 1.807) is 6.07 Å². The van der Waals surface area contributed by atoms with Gasteiger partial charge in [-0.15, -0.1) is 0 Å². The second-order valence-electron chi connectivity index (χ2n) is 4.27. The number of halogens is 2. The molecule has 0 unspecified atom stereocenters. The summed E-state index contributed by atoms with van der Waals surface area (Å²) in [6.07, 6.45) is 0. The minimum atomic E-state index is -0.620. The molecule has 0 aliphatic heterocycles. The number of hydrogen-bond donors (Lipinski definition) is 1. The monoisotopic (exact) mass is 315 g/mol. The zero-order chi connectivity index (χ0) is 12.6. The van der Waals surface area contributed by atoms with Gasteiger partial charge in [0.2, 0.25) is 0 Å². The van der Waals surface area contributed by atoms with Crippen molar-refractivity contribution < 1.29 is 4.52 Å². The maximum atomic E-state index is 5.91. The van der Waals surface area contributed by atoms with Crippen LogP contribution in [0.4, 0.5) is 0 Å². The molecule has 1 aromatic heterocycles. The van der Waals surface area contributed by atoms with Gasteiger partial charge in [0, 0.05) is 10.0 Å². The summed E-state index contributed by atoms with van der Waals surface area (Å²) in [7, 11) is 0. The molecule has 0 aliphatic carbocycles. The van der Waals surface area contributed by atoms with Crippen molar-refractivity contribution >= 4 is 27.5 Å². The van der Waals surface area contributed by atoms with Crippen LogP contribution in [0.3, 0.4) is 0 Å². The van der Waals surface area contributed by atoms with Crippen molar-refractivity contribution in [3.8, 4) is 11.5 Å². The maximum Gasteiger partial charge on any atom is 0.258 e. The van der Waals surface area contributed by atoms with E-state index in [0.29, 0.717) is 16.7 Å². The molecular weight excluding hydrogens is 305 g/mol. The molecular formula is C11H11BrClN3O. The topological polar surface area (TPSA) is 64.9 Å². The largest absolute Gasteiger partial charge is 0.334 e. The first kappa shape index (κ1) is 12.5. The molecule has 0 saturated carbocycles. The molecule has 2 N–H and O–H groups in total. The number of nitrogens with two attached hydrogens (primary N) is 1. The van der Waals surface area contributed by atoms with Gasteiger partial charge in [0.25, 0.3) is 5.89 Å². The summed E-state index contributed by atoms with van der Waals surface area (Å²) in [6, 6.07) is 5.40. The van der Waals surface area contributed by atoms with E-state index < -0.39 is 5.54 Å². The van der Waals surface area contributed by atoms with Crippen LogP contribution in [-0.2, 0) is 5.54 Å². The van der Waals surface area contributed by atoms with Gasteiger partial charge in [-0.2, -0.15) is 4.98 Å². The second kappa shape index (κ2) is 4.40. The van der Waals surface area contributed by atoms with Gasteiger partial charge >= 0.3 is 0 Å². The Bertz CT molecular complexity index is 548. The Labute approximate surface area is 112 Å². The van der Waals surface area contributed by atoms with E-state index in [2.05, 4.69) is 26.1 Å². The van der Waals surface area contributed by atoms with Crippen molar-refractivity contribution in [1.82, 2.24) is 10.1 Å². The smallest absolute Gasteiger partial charge is 0.258 e. The van der Waals surface area contributed by atoms with Crippen LogP contribution in [0.25, 0.3) is 11.5 Å². The summed E-state index contributed by atoms with van der Waals surface area (Å²) >= 11 is 9.26. The fourth-order valence-electron chi connectivity index (χ4n) is 1.23. The summed E-state index contributed by atoms with van der Waals surface area (Å²) in [6.45, 7) is 3.64. The van der Waals surface area contributed by atoms with Crippen molar-refractivity contribution in [3.05, 3.63) is 33.5 Å². The molecule has 2 aromatic rings. The van der Waals surface area contributed by atoms with Gasteiger partial charge in [0.05, 0.1) is 10.6 Å². The fraction of sp³-hybridized carbons (Fsp3) is 0.273. The van der Waals surface area contributed by atoms with E-state index in [1.807, 2.05) is 26.0 Å². The molecule has 0 radical (unpaired) electrons. The van der Waals surface area contributed by atoms with Crippen LogP contribution in [-0.4, -0.2) is 10.1 Å². The molecule has 6 heteroatoms. The van der Waals surface area contributed by atoms with Gasteiger partial charge in [0.1, 0.15) is 0 Å². The minimum absolute atomic E-state index is 0.427. The van der Waals surface area contributed by atoms with Crippen LogP contribution in [0.15, 0.2) is 27.2 Å². The average molecular weight is 317 g/mol. The Morgan fingerprint density at radius 3 is 2.65 bits per heavy atom. The predicted molar refractivity (Wildman–Crippen MR) is 69.7 cm³/mol. The molecule has 1 heterocycles. The van der Waals surface area contributed by atoms with E-state index in [0.717, 1.165) is 10.0 Å². The van der Waals surface area contributed by atoms with Gasteiger partial charge in [-0.25, -0.2) is 0 Å². The van der Waals surface area contributed by atoms with E-state index in [4.69, 9.17) is 21.9 Å². The first-order chi connectivity index (χ1) is 7.88. The number of rotatable bonds is 2. The minimum Gasteiger partial charge on any atom is -0.334 e. The highest BCUT2D eigenvalue weighted by Crippen LogP contribution is 2.28. The molecule has 0 atom stereocenters. The lowest BCUT2D eigenvalue weighted by Gasteiger charge is -2.11. The summed E-state index contributed by atoms with van der Waals surface area (Å²) in [5.41, 5.74) is 6.06. The van der Waals surface area contributed by atoms with Crippen molar-refractivity contribution in [2.45, 2.75) is 19.4 Å². The standard InChI is InChI=1S/C11H11BrClN3O/c1-11(2,14)10-15-9(17-16-10)6-3-4-8(13)7(12)5-6/h3-5H,14H2,1-2H3. The number of aromatic nitrogens is 2. The molecule has 90 valence electrons. The quantitative estimate of drug-likeness (QED) is 0.923. The van der Waals surface area contributed by atoms with Crippen LogP contribution in [0.5, 0.6) is 0 Å². The van der Waals surface area contributed by atoms with Crippen molar-refractivity contribution in [2.75, 3.05) is 0 Å². The van der Waals surface area contributed by atoms with Gasteiger partial charge < -0.3 is 10.3 Å². The molecule has 2 rings (SSSR count). The Morgan fingerprint density at radius 1 is 1.41 bits per heavy atom. The number of nitrogens with zero attached hydrogens (tertiary/aromatic N) is 2. The second-order valence-corrected chi connectivity index (χ2v) is 5.54. The van der Waals surface area contributed by atoms with E-state index in [9.17, 15) is 0 Å². The third-order valence-corrected chi connectivity index (χ3v) is 3.38. The Balaban J connectivity index is 2.40. The molecule has 0 aliphatic rings. The van der Waals surface area contributed by atoms with E-state index >= 15 is 0 Å². The molecule has 0 fully saturated rings. The third-order valence-electron chi connectivity index (χ3n) is 2.17.